The average molecular weight is 572 g/mol. The summed E-state index contributed by atoms with van der Waals surface area (Å²) in [6.07, 6.45) is 1.25. The minimum atomic E-state index is -3.73. The van der Waals surface area contributed by atoms with E-state index >= 15 is 0 Å². The molecule has 1 unspecified atom stereocenters. The molecule has 0 heterocycles. The summed E-state index contributed by atoms with van der Waals surface area (Å²) in [6.45, 7) is 6.41. The molecule has 0 radical (unpaired) electrons. The van der Waals surface area contributed by atoms with Crippen molar-refractivity contribution in [1.82, 2.24) is 5.48 Å². The highest BCUT2D eigenvalue weighted by Gasteiger charge is 2.37. The molecule has 0 aliphatic heterocycles. The largest absolute Gasteiger partial charge is 0.497 e. The summed E-state index contributed by atoms with van der Waals surface area (Å²) in [7, 11) is -0.524. The number of phosphoric acid groups is 1. The number of hydroxylamine groups is 1. The van der Waals surface area contributed by atoms with E-state index in [1.807, 2.05) is 60.7 Å². The maximum absolute atomic E-state index is 13.1. The van der Waals surface area contributed by atoms with Gasteiger partial charge in [0.25, 0.3) is 0 Å². The summed E-state index contributed by atoms with van der Waals surface area (Å²) in [5.74, 6) is 0.777. The first-order chi connectivity index (χ1) is 19.2. The van der Waals surface area contributed by atoms with E-state index in [9.17, 15) is 4.57 Å². The highest BCUT2D eigenvalue weighted by Crippen LogP contribution is 2.52. The van der Waals surface area contributed by atoms with Gasteiger partial charge in [0, 0.05) is 7.11 Å². The summed E-state index contributed by atoms with van der Waals surface area (Å²) in [5, 5.41) is 0. The molecule has 0 bridgehead atoms. The Balaban J connectivity index is 1.69. The number of unbranched alkanes of at least 4 members (excludes halogenated alkanes) is 1. The van der Waals surface area contributed by atoms with E-state index in [0.717, 1.165) is 22.4 Å². The minimum absolute atomic E-state index is 0.114. The smallest absolute Gasteiger partial charge is 0.475 e. The van der Waals surface area contributed by atoms with E-state index < -0.39 is 19.0 Å². The summed E-state index contributed by atoms with van der Waals surface area (Å²) < 4.78 is 40.1. The molecule has 0 fully saturated rings. The van der Waals surface area contributed by atoms with Crippen molar-refractivity contribution in [2.75, 3.05) is 40.6 Å². The predicted octanol–water partition coefficient (Wildman–Crippen LogP) is 6.89. The van der Waals surface area contributed by atoms with Crippen LogP contribution in [0.15, 0.2) is 84.9 Å². The molecule has 9 heteroatoms. The Kier molecular flexibility index (Phi) is 12.3. The van der Waals surface area contributed by atoms with Gasteiger partial charge in [-0.15, -0.1) is 0 Å². The van der Waals surface area contributed by atoms with E-state index in [0.29, 0.717) is 26.1 Å². The normalized spacial score (nSPS) is 13.6. The minimum Gasteiger partial charge on any atom is -0.497 e. The van der Waals surface area contributed by atoms with Crippen LogP contribution in [0.1, 0.15) is 50.3 Å². The second kappa shape index (κ2) is 15.5. The maximum atomic E-state index is 13.1. The number of methoxy groups -OCH3 is 2. The fourth-order valence-corrected chi connectivity index (χ4v) is 5.67. The zero-order valence-corrected chi connectivity index (χ0v) is 25.0. The molecule has 0 aromatic heterocycles. The number of rotatable bonds is 17. The van der Waals surface area contributed by atoms with Gasteiger partial charge in [0.15, 0.2) is 0 Å². The highest BCUT2D eigenvalue weighted by molar-refractivity contribution is 7.48. The summed E-state index contributed by atoms with van der Waals surface area (Å²) in [5.41, 5.74) is 5.00. The molecule has 3 aromatic carbocycles. The molecular weight excluding hydrogens is 529 g/mol. The van der Waals surface area contributed by atoms with Crippen LogP contribution in [0.3, 0.4) is 0 Å². The van der Waals surface area contributed by atoms with Gasteiger partial charge in [-0.25, -0.2) is 4.57 Å². The first-order valence-corrected chi connectivity index (χ1v) is 14.9. The molecule has 0 saturated carbocycles. The Hall–Kier alpha value is -2.55. The Morgan fingerprint density at radius 1 is 0.675 bits per heavy atom. The van der Waals surface area contributed by atoms with Crippen molar-refractivity contribution < 1.29 is 32.4 Å². The van der Waals surface area contributed by atoms with E-state index in [-0.39, 0.29) is 13.2 Å². The lowest BCUT2D eigenvalue weighted by Gasteiger charge is -2.36. The Labute approximate surface area is 238 Å². The fraction of sp³-hybridized carbons (Fsp3) is 0.419. The quantitative estimate of drug-likeness (QED) is 0.0812. The standard InChI is InChI=1S/C31H42NO7P/c1-30(2,3)39-40(33,38-25-24-34-4)37-23-13-12-22-36-32-31(26-14-8-6-9-15-26,27-16-10-7-11-17-27)28-18-20-29(35-5)21-19-28/h6-11,14-21,32H,12-13,22-25H2,1-5H3. The first kappa shape index (κ1) is 32.0. The van der Waals surface area contributed by atoms with Gasteiger partial charge in [0.1, 0.15) is 11.3 Å². The second-order valence-electron chi connectivity index (χ2n) is 10.2. The van der Waals surface area contributed by atoms with Crippen LogP contribution in [0.25, 0.3) is 0 Å². The van der Waals surface area contributed by atoms with Crippen LogP contribution in [0.2, 0.25) is 0 Å². The zero-order valence-electron chi connectivity index (χ0n) is 24.1. The molecule has 8 nitrogen and oxygen atoms in total. The van der Waals surface area contributed by atoms with Gasteiger partial charge in [-0.2, -0.15) is 5.48 Å². The monoisotopic (exact) mass is 571 g/mol. The number of hydrogen-bond acceptors (Lipinski definition) is 8. The van der Waals surface area contributed by atoms with Gasteiger partial charge < -0.3 is 14.3 Å². The lowest BCUT2D eigenvalue weighted by atomic mass is 9.78. The molecule has 0 spiro atoms. The second-order valence-corrected chi connectivity index (χ2v) is 11.8. The molecule has 3 rings (SSSR count). The van der Waals surface area contributed by atoms with Gasteiger partial charge in [-0.1, -0.05) is 72.8 Å². The van der Waals surface area contributed by atoms with Crippen LogP contribution in [0, 0.1) is 0 Å². The number of nitrogens with one attached hydrogen (secondary N) is 1. The number of phosphoric ester groups is 1. The molecule has 40 heavy (non-hydrogen) atoms. The van der Waals surface area contributed by atoms with Crippen LogP contribution >= 0.6 is 7.82 Å². The van der Waals surface area contributed by atoms with Crippen molar-refractivity contribution in [3.05, 3.63) is 102 Å². The Morgan fingerprint density at radius 2 is 1.20 bits per heavy atom. The van der Waals surface area contributed by atoms with Gasteiger partial charge >= 0.3 is 7.82 Å². The molecule has 1 atom stereocenters. The van der Waals surface area contributed by atoms with E-state index in [4.69, 9.17) is 27.9 Å². The van der Waals surface area contributed by atoms with Crippen molar-refractivity contribution in [3.63, 3.8) is 0 Å². The zero-order chi connectivity index (χ0) is 28.9. The van der Waals surface area contributed by atoms with Crippen LogP contribution in [-0.4, -0.2) is 46.2 Å². The van der Waals surface area contributed by atoms with E-state index in [1.54, 1.807) is 35.0 Å². The molecule has 218 valence electrons. The highest BCUT2D eigenvalue weighted by atomic mass is 31.2. The first-order valence-electron chi connectivity index (χ1n) is 13.5. The number of benzene rings is 3. The lowest BCUT2D eigenvalue weighted by Crippen LogP contribution is -2.44. The predicted molar refractivity (Wildman–Crippen MR) is 156 cm³/mol. The average Bonchev–Trinajstić information content (AvgIpc) is 2.95. The SMILES string of the molecule is COCCOP(=O)(OCCCCONC(c1ccccc1)(c1ccccc1)c1ccc(OC)cc1)OC(C)(C)C. The number of ether oxygens (including phenoxy) is 2. The van der Waals surface area contributed by atoms with Crippen molar-refractivity contribution in [2.24, 2.45) is 0 Å². The van der Waals surface area contributed by atoms with Gasteiger partial charge in [0.2, 0.25) is 0 Å². The third kappa shape index (κ3) is 9.25. The Morgan fingerprint density at radius 3 is 1.73 bits per heavy atom. The lowest BCUT2D eigenvalue weighted by molar-refractivity contribution is -0.00408. The molecule has 1 N–H and O–H groups in total. The third-order valence-corrected chi connectivity index (χ3v) is 7.74. The van der Waals surface area contributed by atoms with Crippen LogP contribution < -0.4 is 10.2 Å². The van der Waals surface area contributed by atoms with Gasteiger partial charge in [-0.3, -0.25) is 13.6 Å². The van der Waals surface area contributed by atoms with E-state index in [2.05, 4.69) is 29.7 Å². The molecule has 0 saturated heterocycles. The maximum Gasteiger partial charge on any atom is 0.475 e. The van der Waals surface area contributed by atoms with Gasteiger partial charge in [0.05, 0.1) is 39.1 Å². The number of hydrogen-bond donors (Lipinski definition) is 1. The molecule has 0 aliphatic rings. The molecule has 3 aromatic rings. The van der Waals surface area contributed by atoms with Crippen molar-refractivity contribution in [2.45, 2.75) is 44.8 Å². The summed E-state index contributed by atoms with van der Waals surface area (Å²) in [4.78, 5) is 6.13. The third-order valence-electron chi connectivity index (χ3n) is 5.97. The molecule has 0 aliphatic carbocycles. The van der Waals surface area contributed by atoms with E-state index in [1.165, 1.54) is 0 Å². The summed E-state index contributed by atoms with van der Waals surface area (Å²) in [6, 6.07) is 28.4. The van der Waals surface area contributed by atoms with Crippen LogP contribution in [0.5, 0.6) is 5.75 Å². The Bertz CT molecular complexity index is 1130. The van der Waals surface area contributed by atoms with Crippen molar-refractivity contribution in [1.29, 1.82) is 0 Å². The molecule has 0 amide bonds. The topological polar surface area (TPSA) is 84.5 Å². The van der Waals surface area contributed by atoms with Crippen molar-refractivity contribution >= 4 is 7.82 Å². The molecular formula is C31H42NO7P. The van der Waals surface area contributed by atoms with Crippen LogP contribution in [0.4, 0.5) is 0 Å². The van der Waals surface area contributed by atoms with Crippen molar-refractivity contribution in [3.8, 4) is 5.75 Å². The summed E-state index contributed by atoms with van der Waals surface area (Å²) >= 11 is 0. The van der Waals surface area contributed by atoms with Crippen LogP contribution in [-0.2, 0) is 33.2 Å². The van der Waals surface area contributed by atoms with Gasteiger partial charge in [-0.05, 0) is 62.4 Å². The fourth-order valence-electron chi connectivity index (χ4n) is 4.16.